The average molecular weight is 164 g/mol. The standard InChI is InChI=1S/C9H12N2O/c1-3-5-7-10-9(12)11-8-6-4-2/h1-2H,5-8H2,(H2,10,11,12). The van der Waals surface area contributed by atoms with E-state index in [0.717, 1.165) is 0 Å². The molecular formula is C9H12N2O. The minimum atomic E-state index is -0.222. The van der Waals surface area contributed by atoms with Gasteiger partial charge in [-0.05, 0) is 0 Å². The maximum absolute atomic E-state index is 10.8. The summed E-state index contributed by atoms with van der Waals surface area (Å²) in [5.41, 5.74) is 0. The molecule has 12 heavy (non-hydrogen) atoms. The number of rotatable bonds is 4. The quantitative estimate of drug-likeness (QED) is 0.456. The Morgan fingerprint density at radius 3 is 1.83 bits per heavy atom. The Morgan fingerprint density at radius 2 is 1.50 bits per heavy atom. The van der Waals surface area contributed by atoms with E-state index in [4.69, 9.17) is 12.8 Å². The van der Waals surface area contributed by atoms with E-state index in [-0.39, 0.29) is 6.03 Å². The molecule has 0 aromatic rings. The van der Waals surface area contributed by atoms with Crippen LogP contribution in [0.2, 0.25) is 0 Å². The van der Waals surface area contributed by atoms with E-state index in [1.54, 1.807) is 0 Å². The number of amides is 2. The number of carbonyl (C=O) groups excluding carboxylic acids is 1. The van der Waals surface area contributed by atoms with Crippen LogP contribution in [0.15, 0.2) is 0 Å². The highest BCUT2D eigenvalue weighted by atomic mass is 16.2. The maximum atomic E-state index is 10.8. The second kappa shape index (κ2) is 7.50. The summed E-state index contributed by atoms with van der Waals surface area (Å²) >= 11 is 0. The van der Waals surface area contributed by atoms with Gasteiger partial charge in [-0.15, -0.1) is 24.7 Å². The Labute approximate surface area is 72.9 Å². The Kier molecular flexibility index (Phi) is 6.49. The topological polar surface area (TPSA) is 41.1 Å². The molecular weight excluding hydrogens is 152 g/mol. The van der Waals surface area contributed by atoms with Crippen LogP contribution in [0.4, 0.5) is 4.79 Å². The molecule has 2 amide bonds. The van der Waals surface area contributed by atoms with Gasteiger partial charge in [-0.1, -0.05) is 0 Å². The lowest BCUT2D eigenvalue weighted by atomic mass is 10.4. The van der Waals surface area contributed by atoms with Crippen LogP contribution in [0.25, 0.3) is 0 Å². The van der Waals surface area contributed by atoms with Crippen LogP contribution in [0.3, 0.4) is 0 Å². The highest BCUT2D eigenvalue weighted by Crippen LogP contribution is 1.73. The lowest BCUT2D eigenvalue weighted by Crippen LogP contribution is -2.36. The van der Waals surface area contributed by atoms with Gasteiger partial charge in [0, 0.05) is 25.9 Å². The molecule has 0 spiro atoms. The molecule has 3 heteroatoms. The maximum Gasteiger partial charge on any atom is 0.314 e. The first-order valence-corrected chi connectivity index (χ1v) is 3.70. The number of hydrogen-bond donors (Lipinski definition) is 2. The zero-order chi connectivity index (χ0) is 9.23. The van der Waals surface area contributed by atoms with Gasteiger partial charge in [-0.2, -0.15) is 0 Å². The molecule has 0 fully saturated rings. The monoisotopic (exact) mass is 164 g/mol. The van der Waals surface area contributed by atoms with E-state index in [0.29, 0.717) is 25.9 Å². The predicted molar refractivity (Wildman–Crippen MR) is 48.3 cm³/mol. The van der Waals surface area contributed by atoms with Gasteiger partial charge in [0.1, 0.15) is 0 Å². The zero-order valence-electron chi connectivity index (χ0n) is 6.89. The molecule has 0 rings (SSSR count). The molecule has 0 aliphatic carbocycles. The van der Waals surface area contributed by atoms with Crippen molar-refractivity contribution < 1.29 is 4.79 Å². The summed E-state index contributed by atoms with van der Waals surface area (Å²) in [6, 6.07) is -0.222. The van der Waals surface area contributed by atoms with Gasteiger partial charge in [-0.3, -0.25) is 0 Å². The summed E-state index contributed by atoms with van der Waals surface area (Å²) in [4.78, 5) is 10.8. The van der Waals surface area contributed by atoms with E-state index < -0.39 is 0 Å². The fourth-order valence-electron chi connectivity index (χ4n) is 0.559. The van der Waals surface area contributed by atoms with Gasteiger partial charge in [0.05, 0.1) is 0 Å². The van der Waals surface area contributed by atoms with E-state index in [1.807, 2.05) is 0 Å². The largest absolute Gasteiger partial charge is 0.337 e. The van der Waals surface area contributed by atoms with Crippen molar-refractivity contribution >= 4 is 6.03 Å². The number of urea groups is 1. The molecule has 0 saturated carbocycles. The van der Waals surface area contributed by atoms with E-state index >= 15 is 0 Å². The van der Waals surface area contributed by atoms with Crippen LogP contribution < -0.4 is 10.6 Å². The van der Waals surface area contributed by atoms with Crippen LogP contribution in [0.1, 0.15) is 12.8 Å². The molecule has 0 radical (unpaired) electrons. The summed E-state index contributed by atoms with van der Waals surface area (Å²) in [7, 11) is 0. The van der Waals surface area contributed by atoms with Gasteiger partial charge < -0.3 is 10.6 Å². The average Bonchev–Trinajstić information content (AvgIpc) is 2.06. The molecule has 0 aliphatic rings. The number of nitrogens with one attached hydrogen (secondary N) is 2. The molecule has 0 bridgehead atoms. The van der Waals surface area contributed by atoms with E-state index in [1.165, 1.54) is 0 Å². The smallest absolute Gasteiger partial charge is 0.314 e. The molecule has 64 valence electrons. The van der Waals surface area contributed by atoms with Crippen molar-refractivity contribution in [3.8, 4) is 24.7 Å². The fourth-order valence-corrected chi connectivity index (χ4v) is 0.559. The molecule has 0 aromatic carbocycles. The molecule has 0 heterocycles. The van der Waals surface area contributed by atoms with Crippen molar-refractivity contribution in [2.24, 2.45) is 0 Å². The highest BCUT2D eigenvalue weighted by Gasteiger charge is 1.94. The molecule has 0 aromatic heterocycles. The van der Waals surface area contributed by atoms with Crippen molar-refractivity contribution in [2.45, 2.75) is 12.8 Å². The molecule has 0 aliphatic heterocycles. The Balaban J connectivity index is 3.24. The minimum absolute atomic E-state index is 0.222. The second-order valence-electron chi connectivity index (χ2n) is 2.09. The first-order valence-electron chi connectivity index (χ1n) is 3.70. The van der Waals surface area contributed by atoms with Crippen molar-refractivity contribution in [1.29, 1.82) is 0 Å². The van der Waals surface area contributed by atoms with Gasteiger partial charge >= 0.3 is 6.03 Å². The fraction of sp³-hybridized carbons (Fsp3) is 0.444. The Hall–Kier alpha value is -1.61. The summed E-state index contributed by atoms with van der Waals surface area (Å²) in [6.07, 6.45) is 11.1. The number of carbonyl (C=O) groups is 1. The molecule has 3 nitrogen and oxygen atoms in total. The molecule has 0 unspecified atom stereocenters. The van der Waals surface area contributed by atoms with Crippen LogP contribution >= 0.6 is 0 Å². The lowest BCUT2D eigenvalue weighted by molar-refractivity contribution is 0.241. The third-order valence-electron chi connectivity index (χ3n) is 1.11. The number of hydrogen-bond acceptors (Lipinski definition) is 1. The number of terminal acetylenes is 2. The van der Waals surface area contributed by atoms with Crippen molar-refractivity contribution in [1.82, 2.24) is 10.6 Å². The summed E-state index contributed by atoms with van der Waals surface area (Å²) in [5.74, 6) is 4.83. The SMILES string of the molecule is C#CCCNC(=O)NCCC#C. The zero-order valence-corrected chi connectivity index (χ0v) is 6.89. The third kappa shape index (κ3) is 6.51. The summed E-state index contributed by atoms with van der Waals surface area (Å²) < 4.78 is 0. The van der Waals surface area contributed by atoms with E-state index in [9.17, 15) is 4.79 Å². The second-order valence-corrected chi connectivity index (χ2v) is 2.09. The van der Waals surface area contributed by atoms with Crippen molar-refractivity contribution in [3.63, 3.8) is 0 Å². The predicted octanol–water partition coefficient (Wildman–Crippen LogP) is 0.332. The summed E-state index contributed by atoms with van der Waals surface area (Å²) in [6.45, 7) is 0.997. The molecule has 0 saturated heterocycles. The van der Waals surface area contributed by atoms with Gasteiger partial charge in [0.25, 0.3) is 0 Å². The van der Waals surface area contributed by atoms with E-state index in [2.05, 4.69) is 22.5 Å². The lowest BCUT2D eigenvalue weighted by Gasteiger charge is -2.03. The summed E-state index contributed by atoms with van der Waals surface area (Å²) in [5, 5.41) is 5.16. The Bertz CT molecular complexity index is 188. The Morgan fingerprint density at radius 1 is 1.08 bits per heavy atom. The van der Waals surface area contributed by atoms with Crippen molar-refractivity contribution in [3.05, 3.63) is 0 Å². The molecule has 0 atom stereocenters. The molecule has 2 N–H and O–H groups in total. The first-order chi connectivity index (χ1) is 5.81. The highest BCUT2D eigenvalue weighted by molar-refractivity contribution is 5.73. The van der Waals surface area contributed by atoms with Crippen LogP contribution in [0, 0.1) is 24.7 Å². The van der Waals surface area contributed by atoms with Gasteiger partial charge in [0.2, 0.25) is 0 Å². The van der Waals surface area contributed by atoms with Gasteiger partial charge in [0.15, 0.2) is 0 Å². The first kappa shape index (κ1) is 10.4. The normalized spacial score (nSPS) is 7.83. The third-order valence-corrected chi connectivity index (χ3v) is 1.11. The minimum Gasteiger partial charge on any atom is -0.337 e. The van der Waals surface area contributed by atoms with Gasteiger partial charge in [-0.25, -0.2) is 4.79 Å². The van der Waals surface area contributed by atoms with Crippen LogP contribution in [-0.2, 0) is 0 Å². The van der Waals surface area contributed by atoms with Crippen LogP contribution in [0.5, 0.6) is 0 Å². The van der Waals surface area contributed by atoms with Crippen LogP contribution in [-0.4, -0.2) is 19.1 Å². The van der Waals surface area contributed by atoms with Crippen molar-refractivity contribution in [2.75, 3.05) is 13.1 Å².